The van der Waals surface area contributed by atoms with Crippen LogP contribution in [0.1, 0.15) is 15.9 Å². The van der Waals surface area contributed by atoms with E-state index in [1.807, 2.05) is 31.2 Å². The van der Waals surface area contributed by atoms with Crippen molar-refractivity contribution in [1.29, 1.82) is 0 Å². The topological polar surface area (TPSA) is 98.0 Å². The summed E-state index contributed by atoms with van der Waals surface area (Å²) in [5, 5.41) is 22.3. The molecule has 7 nitrogen and oxygen atoms in total. The summed E-state index contributed by atoms with van der Waals surface area (Å²) in [5.41, 5.74) is 1.98. The number of nitro benzene ring substituents is 1. The average molecular weight is 375 g/mol. The van der Waals surface area contributed by atoms with Gasteiger partial charge in [-0.05, 0) is 13.0 Å². The number of nitro groups is 1. The van der Waals surface area contributed by atoms with Gasteiger partial charge in [0.2, 0.25) is 5.13 Å². The minimum Gasteiger partial charge on any atom is -0.296 e. The van der Waals surface area contributed by atoms with Gasteiger partial charge in [-0.1, -0.05) is 52.8 Å². The summed E-state index contributed by atoms with van der Waals surface area (Å²) in [7, 11) is 0. The van der Waals surface area contributed by atoms with Gasteiger partial charge in [0.15, 0.2) is 0 Å². The van der Waals surface area contributed by atoms with Gasteiger partial charge in [0.05, 0.1) is 15.5 Å². The highest BCUT2D eigenvalue weighted by Gasteiger charge is 2.17. The number of aryl methyl sites for hydroxylation is 1. The molecule has 0 atom stereocenters. The molecule has 1 amide bonds. The summed E-state index contributed by atoms with van der Waals surface area (Å²) in [6.45, 7) is 1.99. The van der Waals surface area contributed by atoms with Crippen molar-refractivity contribution in [3.05, 3.63) is 68.7 Å². The maximum Gasteiger partial charge on any atom is 0.270 e. The molecule has 0 saturated heterocycles. The first-order valence-corrected chi connectivity index (χ1v) is 8.29. The fourth-order valence-corrected chi connectivity index (χ4v) is 3.06. The second kappa shape index (κ2) is 6.96. The molecule has 1 N–H and O–H groups in total. The number of rotatable bonds is 4. The molecule has 0 aliphatic carbocycles. The first kappa shape index (κ1) is 17.0. The van der Waals surface area contributed by atoms with Crippen LogP contribution in [-0.2, 0) is 0 Å². The highest BCUT2D eigenvalue weighted by atomic mass is 35.5. The third kappa shape index (κ3) is 3.81. The molecule has 0 aliphatic rings. The number of halogens is 1. The van der Waals surface area contributed by atoms with Gasteiger partial charge in [-0.3, -0.25) is 20.2 Å². The van der Waals surface area contributed by atoms with E-state index in [1.165, 1.54) is 23.5 Å². The summed E-state index contributed by atoms with van der Waals surface area (Å²) in [4.78, 5) is 22.4. The van der Waals surface area contributed by atoms with Gasteiger partial charge in [-0.25, -0.2) is 0 Å². The van der Waals surface area contributed by atoms with Crippen molar-refractivity contribution in [2.75, 3.05) is 5.32 Å². The summed E-state index contributed by atoms with van der Waals surface area (Å²) < 4.78 is 0. The molecule has 0 aliphatic heterocycles. The molecular formula is C16H11ClN4O3S. The standard InChI is InChI=1S/C16H11ClN4O3S/c1-9-2-4-10(5-3-9)15-19-20-16(25-15)18-14(22)12-7-6-11(21(23)24)8-13(12)17/h2-8H,1H3,(H,18,20,22). The Labute approximate surface area is 151 Å². The Hall–Kier alpha value is -2.84. The lowest BCUT2D eigenvalue weighted by molar-refractivity contribution is -0.384. The number of non-ortho nitro benzene ring substituents is 1. The van der Waals surface area contributed by atoms with E-state index in [2.05, 4.69) is 15.5 Å². The number of nitrogens with zero attached hydrogens (tertiary/aromatic N) is 3. The molecule has 1 aromatic heterocycles. The third-order valence-electron chi connectivity index (χ3n) is 3.35. The van der Waals surface area contributed by atoms with Crippen LogP contribution < -0.4 is 5.32 Å². The SMILES string of the molecule is Cc1ccc(-c2nnc(NC(=O)c3ccc([N+](=O)[O-])cc3Cl)s2)cc1. The minimum atomic E-state index is -0.577. The van der Waals surface area contributed by atoms with Gasteiger partial charge in [0.1, 0.15) is 5.01 Å². The number of aromatic nitrogens is 2. The normalized spacial score (nSPS) is 10.5. The zero-order valence-corrected chi connectivity index (χ0v) is 14.5. The predicted octanol–water partition coefficient (Wildman–Crippen LogP) is 4.33. The Balaban J connectivity index is 1.78. The monoisotopic (exact) mass is 374 g/mol. The molecule has 0 radical (unpaired) electrons. The van der Waals surface area contributed by atoms with Crippen LogP contribution in [0.3, 0.4) is 0 Å². The number of anilines is 1. The fourth-order valence-electron chi connectivity index (χ4n) is 2.05. The van der Waals surface area contributed by atoms with Crippen LogP contribution in [-0.4, -0.2) is 21.0 Å². The number of amides is 1. The number of carbonyl (C=O) groups excluding carboxylic acids is 1. The van der Waals surface area contributed by atoms with Crippen molar-refractivity contribution in [2.24, 2.45) is 0 Å². The second-order valence-corrected chi connectivity index (χ2v) is 6.54. The molecule has 0 fully saturated rings. The smallest absolute Gasteiger partial charge is 0.270 e. The zero-order valence-electron chi connectivity index (χ0n) is 12.9. The molecule has 0 unspecified atom stereocenters. The lowest BCUT2D eigenvalue weighted by atomic mass is 10.2. The number of benzene rings is 2. The molecule has 1 heterocycles. The highest BCUT2D eigenvalue weighted by Crippen LogP contribution is 2.28. The van der Waals surface area contributed by atoms with Crippen LogP contribution in [0.5, 0.6) is 0 Å². The second-order valence-electron chi connectivity index (χ2n) is 5.15. The first-order valence-electron chi connectivity index (χ1n) is 7.10. The third-order valence-corrected chi connectivity index (χ3v) is 4.55. The van der Waals surface area contributed by atoms with Crippen molar-refractivity contribution in [3.8, 4) is 10.6 Å². The van der Waals surface area contributed by atoms with E-state index in [4.69, 9.17) is 11.6 Å². The minimum absolute atomic E-state index is 0.00465. The molecule has 9 heteroatoms. The van der Waals surface area contributed by atoms with Crippen molar-refractivity contribution in [1.82, 2.24) is 10.2 Å². The molecule has 25 heavy (non-hydrogen) atoms. The summed E-state index contributed by atoms with van der Waals surface area (Å²) in [6.07, 6.45) is 0. The molecule has 3 aromatic rings. The van der Waals surface area contributed by atoms with Crippen LogP contribution in [0.4, 0.5) is 10.8 Å². The van der Waals surface area contributed by atoms with Crippen molar-refractivity contribution in [2.45, 2.75) is 6.92 Å². The average Bonchev–Trinajstić information content (AvgIpc) is 3.03. The van der Waals surface area contributed by atoms with Gasteiger partial charge < -0.3 is 0 Å². The molecule has 0 saturated carbocycles. The fraction of sp³-hybridized carbons (Fsp3) is 0.0625. The van der Waals surface area contributed by atoms with Crippen molar-refractivity contribution < 1.29 is 9.72 Å². The van der Waals surface area contributed by atoms with Crippen LogP contribution in [0.15, 0.2) is 42.5 Å². The number of hydrogen-bond acceptors (Lipinski definition) is 6. The van der Waals surface area contributed by atoms with Crippen molar-refractivity contribution in [3.63, 3.8) is 0 Å². The molecule has 3 rings (SSSR count). The van der Waals surface area contributed by atoms with Gasteiger partial charge in [0, 0.05) is 17.7 Å². The summed E-state index contributed by atoms with van der Waals surface area (Å²) in [5.74, 6) is -0.508. The zero-order chi connectivity index (χ0) is 18.0. The maximum atomic E-state index is 12.3. The van der Waals surface area contributed by atoms with Crippen molar-refractivity contribution >= 4 is 39.7 Å². The quantitative estimate of drug-likeness (QED) is 0.541. The molecule has 2 aromatic carbocycles. The molecular weight excluding hydrogens is 364 g/mol. The Morgan fingerprint density at radius 2 is 1.92 bits per heavy atom. The van der Waals surface area contributed by atoms with Crippen LogP contribution >= 0.6 is 22.9 Å². The van der Waals surface area contributed by atoms with E-state index in [0.717, 1.165) is 17.2 Å². The van der Waals surface area contributed by atoms with E-state index in [0.29, 0.717) is 10.1 Å². The number of hydrogen-bond donors (Lipinski definition) is 1. The number of nitrogens with one attached hydrogen (secondary N) is 1. The van der Waals surface area contributed by atoms with E-state index in [9.17, 15) is 14.9 Å². The summed E-state index contributed by atoms with van der Waals surface area (Å²) in [6, 6.07) is 11.4. The number of carbonyl (C=O) groups is 1. The predicted molar refractivity (Wildman–Crippen MR) is 96.1 cm³/mol. The Kier molecular flexibility index (Phi) is 4.73. The van der Waals surface area contributed by atoms with E-state index < -0.39 is 10.8 Å². The molecule has 0 bridgehead atoms. The van der Waals surface area contributed by atoms with Gasteiger partial charge >= 0.3 is 0 Å². The molecule has 126 valence electrons. The Bertz CT molecular complexity index is 956. The first-order chi connectivity index (χ1) is 11.9. The van der Waals surface area contributed by atoms with E-state index in [1.54, 1.807) is 0 Å². The lowest BCUT2D eigenvalue weighted by Gasteiger charge is -2.03. The molecule has 0 spiro atoms. The van der Waals surface area contributed by atoms with Gasteiger partial charge in [-0.15, -0.1) is 10.2 Å². The van der Waals surface area contributed by atoms with Gasteiger partial charge in [0.25, 0.3) is 11.6 Å². The van der Waals surface area contributed by atoms with Crippen LogP contribution in [0.25, 0.3) is 10.6 Å². The van der Waals surface area contributed by atoms with Gasteiger partial charge in [-0.2, -0.15) is 0 Å². The summed E-state index contributed by atoms with van der Waals surface area (Å²) >= 11 is 7.18. The highest BCUT2D eigenvalue weighted by molar-refractivity contribution is 7.18. The van der Waals surface area contributed by atoms with Crippen LogP contribution in [0, 0.1) is 17.0 Å². The van der Waals surface area contributed by atoms with E-state index in [-0.39, 0.29) is 16.3 Å². The van der Waals surface area contributed by atoms with Crippen LogP contribution in [0.2, 0.25) is 5.02 Å². The lowest BCUT2D eigenvalue weighted by Crippen LogP contribution is -2.12. The maximum absolute atomic E-state index is 12.3. The Morgan fingerprint density at radius 1 is 1.20 bits per heavy atom. The Morgan fingerprint density at radius 3 is 2.56 bits per heavy atom. The van der Waals surface area contributed by atoms with E-state index >= 15 is 0 Å². The largest absolute Gasteiger partial charge is 0.296 e.